The maximum Gasteiger partial charge on any atom is 0.414 e. The monoisotopic (exact) mass is 385 g/mol. The molecule has 2 atom stereocenters. The molecule has 142 valence electrons. The van der Waals surface area contributed by atoms with Crippen LogP contribution in [0.15, 0.2) is 60.7 Å². The third-order valence-electron chi connectivity index (χ3n) is 4.70. The number of amides is 1. The Labute approximate surface area is 163 Å². The number of carbonyl (C=O) groups is 2. The average molecular weight is 385 g/mol. The van der Waals surface area contributed by atoms with Gasteiger partial charge in [-0.25, -0.2) is 9.59 Å². The molecule has 1 saturated heterocycles. The van der Waals surface area contributed by atoms with Crippen molar-refractivity contribution >= 4 is 23.8 Å². The normalized spacial score (nSPS) is 21.8. The number of ether oxygens (including phenoxy) is 2. The Morgan fingerprint density at radius 1 is 1.15 bits per heavy atom. The molecule has 1 heterocycles. The van der Waals surface area contributed by atoms with Gasteiger partial charge in [-0.2, -0.15) is 11.8 Å². The number of thioether (sulfide) groups is 1. The molecule has 3 rings (SSSR count). The lowest BCUT2D eigenvalue weighted by Gasteiger charge is -2.32. The fraction of sp³-hybridized carbons (Fsp3) is 0.333. The van der Waals surface area contributed by atoms with Gasteiger partial charge in [-0.3, -0.25) is 4.90 Å². The Bertz CT molecular complexity index is 783. The molecule has 5 nitrogen and oxygen atoms in total. The maximum absolute atomic E-state index is 13.0. The van der Waals surface area contributed by atoms with Crippen LogP contribution < -0.4 is 0 Å². The molecule has 2 aromatic rings. The predicted molar refractivity (Wildman–Crippen MR) is 105 cm³/mol. The second-order valence-corrected chi connectivity index (χ2v) is 7.58. The molecule has 6 heteroatoms. The fourth-order valence-electron chi connectivity index (χ4n) is 3.08. The zero-order chi connectivity index (χ0) is 19.3. The highest BCUT2D eigenvalue weighted by Gasteiger charge is 2.55. The lowest BCUT2D eigenvalue weighted by Crippen LogP contribution is -2.50. The van der Waals surface area contributed by atoms with Gasteiger partial charge in [-0.05, 0) is 30.9 Å². The third-order valence-corrected chi connectivity index (χ3v) is 5.32. The van der Waals surface area contributed by atoms with Crippen LogP contribution >= 0.6 is 11.8 Å². The quantitative estimate of drug-likeness (QED) is 0.690. The van der Waals surface area contributed by atoms with E-state index in [9.17, 15) is 9.59 Å². The first kappa shape index (κ1) is 19.3. The second-order valence-electron chi connectivity index (χ2n) is 6.60. The SMILES string of the molecule is CSCC[C@@]1(C)C(=O)O[C@H](c2ccccc2)N1C(=O)OCc1ccccc1. The van der Waals surface area contributed by atoms with Crippen molar-refractivity contribution in [1.29, 1.82) is 0 Å². The second kappa shape index (κ2) is 8.48. The van der Waals surface area contributed by atoms with E-state index in [-0.39, 0.29) is 6.61 Å². The highest BCUT2D eigenvalue weighted by atomic mass is 32.2. The highest BCUT2D eigenvalue weighted by Crippen LogP contribution is 2.41. The fourth-order valence-corrected chi connectivity index (χ4v) is 3.68. The van der Waals surface area contributed by atoms with E-state index in [0.29, 0.717) is 6.42 Å². The van der Waals surface area contributed by atoms with Crippen molar-refractivity contribution in [3.05, 3.63) is 71.8 Å². The summed E-state index contributed by atoms with van der Waals surface area (Å²) in [6.45, 7) is 1.89. The summed E-state index contributed by atoms with van der Waals surface area (Å²) in [4.78, 5) is 27.1. The summed E-state index contributed by atoms with van der Waals surface area (Å²) in [7, 11) is 0. The van der Waals surface area contributed by atoms with E-state index >= 15 is 0 Å². The molecule has 0 N–H and O–H groups in total. The lowest BCUT2D eigenvalue weighted by atomic mass is 9.97. The Balaban J connectivity index is 1.86. The van der Waals surface area contributed by atoms with Crippen molar-refractivity contribution in [2.24, 2.45) is 0 Å². The molecule has 2 aromatic carbocycles. The van der Waals surface area contributed by atoms with Crippen LogP contribution in [0.25, 0.3) is 0 Å². The van der Waals surface area contributed by atoms with Gasteiger partial charge < -0.3 is 9.47 Å². The molecule has 1 aliphatic heterocycles. The molecule has 1 amide bonds. The Morgan fingerprint density at radius 3 is 2.41 bits per heavy atom. The summed E-state index contributed by atoms with van der Waals surface area (Å²) in [6.07, 6.45) is 1.13. The molecule has 0 bridgehead atoms. The van der Waals surface area contributed by atoms with E-state index in [1.165, 1.54) is 4.90 Å². The molecule has 0 spiro atoms. The number of hydrogen-bond acceptors (Lipinski definition) is 5. The van der Waals surface area contributed by atoms with Crippen molar-refractivity contribution in [2.45, 2.75) is 31.7 Å². The van der Waals surface area contributed by atoms with Crippen LogP contribution in [-0.4, -0.2) is 34.5 Å². The first-order valence-corrected chi connectivity index (χ1v) is 10.2. The molecular formula is C21H23NO4S. The predicted octanol–water partition coefficient (Wildman–Crippen LogP) is 4.39. The molecule has 0 aromatic heterocycles. The van der Waals surface area contributed by atoms with Gasteiger partial charge in [-0.1, -0.05) is 60.7 Å². The van der Waals surface area contributed by atoms with Crippen LogP contribution in [0, 0.1) is 0 Å². The van der Waals surface area contributed by atoms with Crippen LogP contribution in [0.5, 0.6) is 0 Å². The Morgan fingerprint density at radius 2 is 1.78 bits per heavy atom. The smallest absolute Gasteiger partial charge is 0.414 e. The summed E-state index contributed by atoms with van der Waals surface area (Å²) in [5, 5.41) is 0. The number of rotatable bonds is 6. The largest absolute Gasteiger partial charge is 0.444 e. The molecular weight excluding hydrogens is 362 g/mol. The molecule has 1 aliphatic rings. The first-order chi connectivity index (χ1) is 13.1. The van der Waals surface area contributed by atoms with E-state index < -0.39 is 23.8 Å². The van der Waals surface area contributed by atoms with Crippen molar-refractivity contribution in [3.8, 4) is 0 Å². The Hall–Kier alpha value is -2.47. The van der Waals surface area contributed by atoms with Crippen molar-refractivity contribution < 1.29 is 19.1 Å². The van der Waals surface area contributed by atoms with Crippen molar-refractivity contribution in [2.75, 3.05) is 12.0 Å². The molecule has 27 heavy (non-hydrogen) atoms. The Kier molecular flexibility index (Phi) is 6.06. The molecule has 0 unspecified atom stereocenters. The van der Waals surface area contributed by atoms with E-state index in [1.807, 2.05) is 66.9 Å². The molecule has 0 saturated carbocycles. The number of nitrogens with zero attached hydrogens (tertiary/aromatic N) is 1. The van der Waals surface area contributed by atoms with E-state index in [0.717, 1.165) is 16.9 Å². The third kappa shape index (κ3) is 4.11. The number of benzene rings is 2. The van der Waals surface area contributed by atoms with Crippen molar-refractivity contribution in [1.82, 2.24) is 4.90 Å². The molecule has 1 fully saturated rings. The summed E-state index contributed by atoms with van der Waals surface area (Å²) in [5.74, 6) is 0.331. The summed E-state index contributed by atoms with van der Waals surface area (Å²) in [6, 6.07) is 18.7. The average Bonchev–Trinajstić information content (AvgIpc) is 2.97. The van der Waals surface area contributed by atoms with Gasteiger partial charge in [0, 0.05) is 5.56 Å². The zero-order valence-electron chi connectivity index (χ0n) is 15.5. The summed E-state index contributed by atoms with van der Waals surface area (Å²) >= 11 is 1.62. The van der Waals surface area contributed by atoms with Gasteiger partial charge in [0.25, 0.3) is 0 Å². The minimum atomic E-state index is -1.06. The van der Waals surface area contributed by atoms with E-state index in [2.05, 4.69) is 0 Å². The molecule has 0 aliphatic carbocycles. The van der Waals surface area contributed by atoms with E-state index in [4.69, 9.17) is 9.47 Å². The van der Waals surface area contributed by atoms with Crippen LogP contribution in [0.4, 0.5) is 4.79 Å². The minimum absolute atomic E-state index is 0.143. The lowest BCUT2D eigenvalue weighted by molar-refractivity contribution is -0.145. The zero-order valence-corrected chi connectivity index (χ0v) is 16.3. The maximum atomic E-state index is 13.0. The van der Waals surface area contributed by atoms with Crippen LogP contribution in [0.3, 0.4) is 0 Å². The van der Waals surface area contributed by atoms with Gasteiger partial charge in [0.15, 0.2) is 0 Å². The highest BCUT2D eigenvalue weighted by molar-refractivity contribution is 7.98. The van der Waals surface area contributed by atoms with Gasteiger partial charge in [0.1, 0.15) is 12.1 Å². The van der Waals surface area contributed by atoms with Crippen LogP contribution in [0.2, 0.25) is 0 Å². The van der Waals surface area contributed by atoms with Gasteiger partial charge >= 0.3 is 12.1 Å². The van der Waals surface area contributed by atoms with Gasteiger partial charge in [-0.15, -0.1) is 0 Å². The topological polar surface area (TPSA) is 55.8 Å². The standard InChI is InChI=1S/C21H23NO4S/c1-21(13-14-27-2)19(23)26-18(17-11-7-4-8-12-17)22(21)20(24)25-15-16-9-5-3-6-10-16/h3-12,18H,13-15H2,1-2H3/t18-,21+/m1/s1. The van der Waals surface area contributed by atoms with E-state index in [1.54, 1.807) is 18.7 Å². The molecule has 0 radical (unpaired) electrons. The van der Waals surface area contributed by atoms with Crippen LogP contribution in [0.1, 0.15) is 30.7 Å². The number of carbonyl (C=O) groups excluding carboxylic acids is 2. The number of cyclic esters (lactones) is 1. The number of hydrogen-bond donors (Lipinski definition) is 0. The summed E-state index contributed by atoms with van der Waals surface area (Å²) in [5.41, 5.74) is 0.576. The first-order valence-electron chi connectivity index (χ1n) is 8.81. The van der Waals surface area contributed by atoms with Crippen LogP contribution in [-0.2, 0) is 20.9 Å². The number of esters is 1. The summed E-state index contributed by atoms with van der Waals surface area (Å²) < 4.78 is 11.2. The van der Waals surface area contributed by atoms with Gasteiger partial charge in [0.05, 0.1) is 0 Å². The van der Waals surface area contributed by atoms with Gasteiger partial charge in [0.2, 0.25) is 6.23 Å². The van der Waals surface area contributed by atoms with Crippen molar-refractivity contribution in [3.63, 3.8) is 0 Å². The minimum Gasteiger partial charge on any atom is -0.444 e.